The number of hydrogen-bond donors (Lipinski definition) is 2. The van der Waals surface area contributed by atoms with Gasteiger partial charge in [0.25, 0.3) is 5.69 Å². The molecule has 0 heterocycles. The lowest BCUT2D eigenvalue weighted by molar-refractivity contribution is -0.384. The molecule has 0 bridgehead atoms. The number of nitrogens with zero attached hydrogens (tertiary/aromatic N) is 1. The lowest BCUT2D eigenvalue weighted by atomic mass is 10.1. The molecule has 2 rings (SSSR count). The first-order valence-corrected chi connectivity index (χ1v) is 9.46. The Labute approximate surface area is 157 Å². The fraction of sp³-hybridized carbons (Fsp3) is 0.188. The van der Waals surface area contributed by atoms with Gasteiger partial charge in [-0.15, -0.1) is 0 Å². The highest BCUT2D eigenvalue weighted by molar-refractivity contribution is 7.92. The Morgan fingerprint density at radius 1 is 1.11 bits per heavy atom. The number of carbonyl (C=O) groups is 1. The average Bonchev–Trinajstić information content (AvgIpc) is 2.54. The molecule has 0 saturated carbocycles. The molecule has 0 aliphatic carbocycles. The molecule has 0 radical (unpaired) electrons. The molecule has 0 fully saturated rings. The summed E-state index contributed by atoms with van der Waals surface area (Å²) in [4.78, 5) is 22.2. The van der Waals surface area contributed by atoms with Gasteiger partial charge in [-0.1, -0.05) is 12.1 Å². The van der Waals surface area contributed by atoms with Crippen molar-refractivity contribution in [2.24, 2.45) is 0 Å². The highest BCUT2D eigenvalue weighted by atomic mass is 32.2. The standard InChI is InChI=1S/C16H14F3N3O5S/c1-28(26,27)21-13-7-4-11(16(17,18)19)9-14(13)20-15(23)8-10-2-5-12(6-3-10)22(24)25/h2-7,9,21H,8H2,1H3,(H,20,23). The number of nitro groups is 1. The molecule has 0 aliphatic rings. The number of rotatable bonds is 6. The first kappa shape index (κ1) is 21.2. The molecule has 0 aliphatic heterocycles. The SMILES string of the molecule is CS(=O)(=O)Nc1ccc(C(F)(F)F)cc1NC(=O)Cc1ccc([N+](=O)[O-])cc1. The molecular weight excluding hydrogens is 403 g/mol. The predicted octanol–water partition coefficient (Wildman–Crippen LogP) is 3.17. The van der Waals surface area contributed by atoms with Crippen LogP contribution in [0.25, 0.3) is 0 Å². The second-order valence-electron chi connectivity index (χ2n) is 5.78. The van der Waals surface area contributed by atoms with Crippen LogP contribution in [0, 0.1) is 10.1 Å². The predicted molar refractivity (Wildman–Crippen MR) is 95.3 cm³/mol. The summed E-state index contributed by atoms with van der Waals surface area (Å²) in [6, 6.07) is 7.22. The van der Waals surface area contributed by atoms with Crippen LogP contribution in [-0.4, -0.2) is 25.5 Å². The van der Waals surface area contributed by atoms with Crippen LogP contribution in [0.5, 0.6) is 0 Å². The highest BCUT2D eigenvalue weighted by Crippen LogP contribution is 2.34. The Morgan fingerprint density at radius 2 is 1.71 bits per heavy atom. The average molecular weight is 417 g/mol. The van der Waals surface area contributed by atoms with Crippen molar-refractivity contribution in [2.45, 2.75) is 12.6 Å². The van der Waals surface area contributed by atoms with Crippen molar-refractivity contribution in [3.05, 3.63) is 63.7 Å². The molecule has 0 aromatic heterocycles. The Morgan fingerprint density at radius 3 is 2.21 bits per heavy atom. The first-order chi connectivity index (χ1) is 12.8. The molecule has 2 aromatic carbocycles. The number of alkyl halides is 3. The van der Waals surface area contributed by atoms with Gasteiger partial charge in [-0.2, -0.15) is 13.2 Å². The minimum absolute atomic E-state index is 0.179. The largest absolute Gasteiger partial charge is 0.416 e. The summed E-state index contributed by atoms with van der Waals surface area (Å²) in [5.41, 5.74) is -1.47. The van der Waals surface area contributed by atoms with Crippen molar-refractivity contribution in [1.82, 2.24) is 0 Å². The summed E-state index contributed by atoms with van der Waals surface area (Å²) >= 11 is 0. The topological polar surface area (TPSA) is 118 Å². The number of anilines is 2. The lowest BCUT2D eigenvalue weighted by Gasteiger charge is -2.15. The van der Waals surface area contributed by atoms with E-state index in [0.717, 1.165) is 12.3 Å². The van der Waals surface area contributed by atoms with Crippen LogP contribution in [0.15, 0.2) is 42.5 Å². The van der Waals surface area contributed by atoms with Crippen LogP contribution >= 0.6 is 0 Å². The van der Waals surface area contributed by atoms with E-state index in [0.29, 0.717) is 17.7 Å². The molecule has 0 saturated heterocycles. The number of halogens is 3. The molecule has 1 amide bonds. The lowest BCUT2D eigenvalue weighted by Crippen LogP contribution is -2.18. The van der Waals surface area contributed by atoms with Crippen LogP contribution in [0.3, 0.4) is 0 Å². The monoisotopic (exact) mass is 417 g/mol. The summed E-state index contributed by atoms with van der Waals surface area (Å²) in [6.45, 7) is 0. The summed E-state index contributed by atoms with van der Waals surface area (Å²) in [7, 11) is -3.80. The third-order valence-electron chi connectivity index (χ3n) is 3.43. The fourth-order valence-electron chi connectivity index (χ4n) is 2.23. The Hall–Kier alpha value is -3.15. The smallest absolute Gasteiger partial charge is 0.324 e. The van der Waals surface area contributed by atoms with Crippen molar-refractivity contribution >= 4 is 33.0 Å². The number of nitro benzene ring substituents is 1. The normalized spacial score (nSPS) is 11.7. The number of benzene rings is 2. The van der Waals surface area contributed by atoms with Crippen molar-refractivity contribution < 1.29 is 31.3 Å². The quantitative estimate of drug-likeness (QED) is 0.553. The van der Waals surface area contributed by atoms with Gasteiger partial charge in [0.2, 0.25) is 15.9 Å². The third-order valence-corrected chi connectivity index (χ3v) is 4.02. The summed E-state index contributed by atoms with van der Waals surface area (Å²) in [6.07, 6.45) is -4.17. The van der Waals surface area contributed by atoms with E-state index in [1.807, 2.05) is 4.72 Å². The van der Waals surface area contributed by atoms with Crippen LogP contribution in [0.2, 0.25) is 0 Å². The maximum atomic E-state index is 12.9. The molecule has 150 valence electrons. The molecule has 8 nitrogen and oxygen atoms in total. The zero-order valence-corrected chi connectivity index (χ0v) is 15.1. The Balaban J connectivity index is 2.26. The van der Waals surface area contributed by atoms with Crippen molar-refractivity contribution in [3.63, 3.8) is 0 Å². The van der Waals surface area contributed by atoms with Gasteiger partial charge < -0.3 is 5.32 Å². The number of amides is 1. The van der Waals surface area contributed by atoms with Crippen LogP contribution in [-0.2, 0) is 27.4 Å². The van der Waals surface area contributed by atoms with E-state index in [1.165, 1.54) is 24.3 Å². The first-order valence-electron chi connectivity index (χ1n) is 7.57. The number of hydrogen-bond acceptors (Lipinski definition) is 5. The number of sulfonamides is 1. The van der Waals surface area contributed by atoms with Gasteiger partial charge in [0.05, 0.1) is 34.5 Å². The van der Waals surface area contributed by atoms with E-state index in [-0.39, 0.29) is 23.5 Å². The number of carbonyl (C=O) groups excluding carboxylic acids is 1. The Kier molecular flexibility index (Phi) is 5.92. The minimum atomic E-state index is -4.69. The third kappa shape index (κ3) is 5.94. The molecule has 28 heavy (non-hydrogen) atoms. The van der Waals surface area contributed by atoms with Crippen LogP contribution in [0.1, 0.15) is 11.1 Å². The minimum Gasteiger partial charge on any atom is -0.324 e. The number of non-ortho nitro benzene ring substituents is 1. The highest BCUT2D eigenvalue weighted by Gasteiger charge is 2.31. The van der Waals surface area contributed by atoms with Gasteiger partial charge in [0, 0.05) is 12.1 Å². The van der Waals surface area contributed by atoms with Gasteiger partial charge in [-0.05, 0) is 23.8 Å². The van der Waals surface area contributed by atoms with Crippen molar-refractivity contribution in [2.75, 3.05) is 16.3 Å². The van der Waals surface area contributed by atoms with E-state index < -0.39 is 32.6 Å². The van der Waals surface area contributed by atoms with E-state index >= 15 is 0 Å². The second kappa shape index (κ2) is 7.84. The second-order valence-corrected chi connectivity index (χ2v) is 7.53. The summed E-state index contributed by atoms with van der Waals surface area (Å²) in [5.74, 6) is -0.732. The zero-order chi connectivity index (χ0) is 21.1. The van der Waals surface area contributed by atoms with E-state index in [9.17, 15) is 36.5 Å². The zero-order valence-electron chi connectivity index (χ0n) is 14.3. The molecule has 2 aromatic rings. The van der Waals surface area contributed by atoms with E-state index in [4.69, 9.17) is 0 Å². The van der Waals surface area contributed by atoms with Crippen LogP contribution < -0.4 is 10.0 Å². The fourth-order valence-corrected chi connectivity index (χ4v) is 2.81. The van der Waals surface area contributed by atoms with E-state index in [1.54, 1.807) is 0 Å². The van der Waals surface area contributed by atoms with Gasteiger partial charge in [-0.3, -0.25) is 19.6 Å². The molecular formula is C16H14F3N3O5S. The molecule has 2 N–H and O–H groups in total. The molecule has 0 spiro atoms. The van der Waals surface area contributed by atoms with Gasteiger partial charge >= 0.3 is 6.18 Å². The summed E-state index contributed by atoms with van der Waals surface area (Å²) in [5, 5.41) is 12.9. The number of nitrogens with one attached hydrogen (secondary N) is 2. The maximum absolute atomic E-state index is 12.9. The van der Waals surface area contributed by atoms with E-state index in [2.05, 4.69) is 5.32 Å². The molecule has 0 atom stereocenters. The molecule has 12 heteroatoms. The van der Waals surface area contributed by atoms with Crippen molar-refractivity contribution in [3.8, 4) is 0 Å². The Bertz CT molecular complexity index is 1010. The summed E-state index contributed by atoms with van der Waals surface area (Å²) < 4.78 is 63.6. The van der Waals surface area contributed by atoms with Gasteiger partial charge in [0.15, 0.2) is 0 Å². The van der Waals surface area contributed by atoms with Crippen LogP contribution in [0.4, 0.5) is 30.2 Å². The van der Waals surface area contributed by atoms with Crippen molar-refractivity contribution in [1.29, 1.82) is 0 Å². The maximum Gasteiger partial charge on any atom is 0.416 e. The molecule has 0 unspecified atom stereocenters. The van der Waals surface area contributed by atoms with Gasteiger partial charge in [-0.25, -0.2) is 8.42 Å². The van der Waals surface area contributed by atoms with Gasteiger partial charge in [0.1, 0.15) is 0 Å².